The van der Waals surface area contributed by atoms with Gasteiger partial charge in [0.05, 0.1) is 41.3 Å². The second-order valence-electron chi connectivity index (χ2n) is 7.89. The minimum Gasteiger partial charge on any atom is -0.687 e. The first-order chi connectivity index (χ1) is 14.6. The van der Waals surface area contributed by atoms with E-state index in [0.717, 1.165) is 32.7 Å². The zero-order valence-electron chi connectivity index (χ0n) is 19.9. The van der Waals surface area contributed by atoms with Gasteiger partial charge in [0.25, 0.3) is 0 Å². The summed E-state index contributed by atoms with van der Waals surface area (Å²) in [6.07, 6.45) is 15.5. The fourth-order valence-corrected chi connectivity index (χ4v) is 2.71. The van der Waals surface area contributed by atoms with Crippen LogP contribution in [-0.4, -0.2) is 85.6 Å². The molecular weight excluding hydrogens is 412 g/mol. The molecule has 0 amide bonds. The minimum absolute atomic E-state index is 0. The molecule has 0 radical (unpaired) electrons. The summed E-state index contributed by atoms with van der Waals surface area (Å²) in [6.45, 7) is 5.15. The topological polar surface area (TPSA) is 65.3 Å². The predicted molar refractivity (Wildman–Crippen MR) is 132 cm³/mol. The molecule has 168 valence electrons. The van der Waals surface area contributed by atoms with Crippen molar-refractivity contribution in [1.82, 2.24) is 9.97 Å². The Bertz CT molecular complexity index is 580. The van der Waals surface area contributed by atoms with Crippen molar-refractivity contribution in [3.63, 3.8) is 0 Å². The van der Waals surface area contributed by atoms with Gasteiger partial charge in [-0.1, -0.05) is 55.7 Å². The van der Waals surface area contributed by atoms with Crippen molar-refractivity contribution in [3.8, 4) is 0 Å². The van der Waals surface area contributed by atoms with E-state index in [1.165, 1.54) is 40.5 Å². The van der Waals surface area contributed by atoms with Crippen molar-refractivity contribution in [2.45, 2.75) is 32.4 Å². The summed E-state index contributed by atoms with van der Waals surface area (Å²) in [6, 6.07) is 8.04. The van der Waals surface area contributed by atoms with Crippen LogP contribution in [-0.2, 0) is 13.1 Å². The Morgan fingerprint density at radius 1 is 0.774 bits per heavy atom. The Hall–Kier alpha value is -1.02. The van der Waals surface area contributed by atoms with Crippen molar-refractivity contribution < 1.29 is 9.80 Å². The standard InChI is InChI=1S/2C7H11N2.C5H10N.C5H6N.Ca/c2*1-9(2)6-7-4-3-5-8-7;2*1-2-4-6-5-3-1;/h2*3-5H,6H2,1-2H3;1-5H2;1-4H,5H2;/q4*-1;+2/p+2. The van der Waals surface area contributed by atoms with Crippen LogP contribution in [0.3, 0.4) is 0 Å². The summed E-state index contributed by atoms with van der Waals surface area (Å²) < 4.78 is 0. The van der Waals surface area contributed by atoms with E-state index in [0.29, 0.717) is 0 Å². The van der Waals surface area contributed by atoms with E-state index < -0.39 is 0 Å². The van der Waals surface area contributed by atoms with Gasteiger partial charge in [0.15, 0.2) is 0 Å². The summed E-state index contributed by atoms with van der Waals surface area (Å²) in [5, 5.41) is 8.09. The van der Waals surface area contributed by atoms with Crippen LogP contribution in [0, 0.1) is 0 Å². The maximum absolute atomic E-state index is 4.18. The molecule has 0 spiro atoms. The van der Waals surface area contributed by atoms with E-state index in [-0.39, 0.29) is 37.7 Å². The van der Waals surface area contributed by atoms with Gasteiger partial charge in [0.1, 0.15) is 0 Å². The normalized spacial score (nSPS) is 14.1. The molecule has 0 aliphatic carbocycles. The molecule has 7 heteroatoms. The zero-order valence-corrected chi connectivity index (χ0v) is 22.1. The molecule has 2 N–H and O–H groups in total. The van der Waals surface area contributed by atoms with Gasteiger partial charge in [-0.15, -0.1) is 37.1 Å². The molecule has 2 aromatic heterocycles. The first kappa shape index (κ1) is 30.0. The summed E-state index contributed by atoms with van der Waals surface area (Å²) in [5.41, 5.74) is 2.35. The van der Waals surface area contributed by atoms with Crippen molar-refractivity contribution in [2.24, 2.45) is 0 Å². The number of rotatable bonds is 4. The van der Waals surface area contributed by atoms with Crippen LogP contribution in [0.5, 0.6) is 0 Å². The van der Waals surface area contributed by atoms with Gasteiger partial charge in [-0.2, -0.15) is 18.6 Å². The van der Waals surface area contributed by atoms with E-state index in [1.54, 1.807) is 6.20 Å². The number of allylic oxidation sites excluding steroid dienone is 2. The number of hydrogen-bond donors (Lipinski definition) is 2. The minimum atomic E-state index is 0. The Balaban J connectivity index is 0.000000389. The molecule has 2 aliphatic rings. The summed E-state index contributed by atoms with van der Waals surface area (Å²) >= 11 is 0. The molecule has 1 saturated heterocycles. The molecule has 4 rings (SSSR count). The van der Waals surface area contributed by atoms with Crippen molar-refractivity contribution in [1.29, 1.82) is 0 Å². The van der Waals surface area contributed by atoms with Crippen LogP contribution in [0.1, 0.15) is 30.7 Å². The average Bonchev–Trinajstić information content (AvgIpc) is 3.46. The number of nitrogens with zero attached hydrogens (tertiary/aromatic N) is 4. The van der Waals surface area contributed by atoms with Gasteiger partial charge in [-0.3, -0.25) is 0 Å². The van der Waals surface area contributed by atoms with Crippen LogP contribution in [0.15, 0.2) is 61.1 Å². The van der Waals surface area contributed by atoms with Crippen molar-refractivity contribution in [3.05, 3.63) is 83.1 Å². The molecule has 0 atom stereocenters. The molecule has 2 aromatic rings. The maximum atomic E-state index is 4.18. The first-order valence-corrected chi connectivity index (χ1v) is 10.9. The molecule has 31 heavy (non-hydrogen) atoms. The molecule has 6 nitrogen and oxygen atoms in total. The molecule has 4 heterocycles. The third-order valence-electron chi connectivity index (χ3n) is 4.08. The van der Waals surface area contributed by atoms with Gasteiger partial charge < -0.3 is 30.4 Å². The number of aromatic nitrogens is 2. The second kappa shape index (κ2) is 20.9. The van der Waals surface area contributed by atoms with Gasteiger partial charge >= 0.3 is 37.7 Å². The Morgan fingerprint density at radius 3 is 1.52 bits per heavy atom. The fraction of sp³-hybridized carbons (Fsp3) is 0.500. The average molecular weight is 453 g/mol. The Labute approximate surface area is 219 Å². The molecule has 0 saturated carbocycles. The molecule has 1 fully saturated rings. The van der Waals surface area contributed by atoms with Gasteiger partial charge in [-0.05, 0) is 0 Å². The van der Waals surface area contributed by atoms with E-state index >= 15 is 0 Å². The monoisotopic (exact) mass is 452 g/mol. The maximum Gasteiger partial charge on any atom is 2.00 e. The molecule has 0 unspecified atom stereocenters. The van der Waals surface area contributed by atoms with Crippen molar-refractivity contribution in [2.75, 3.05) is 47.8 Å². The van der Waals surface area contributed by atoms with Gasteiger partial charge in [0, 0.05) is 0 Å². The largest absolute Gasteiger partial charge is 2.00 e. The fourth-order valence-electron chi connectivity index (χ4n) is 2.71. The Morgan fingerprint density at radius 2 is 1.32 bits per heavy atom. The van der Waals surface area contributed by atoms with Crippen LogP contribution >= 0.6 is 0 Å². The van der Waals surface area contributed by atoms with E-state index in [9.17, 15) is 0 Å². The number of nitrogens with one attached hydrogen (secondary N) is 2. The molecule has 0 bridgehead atoms. The smallest absolute Gasteiger partial charge is 0.687 e. The van der Waals surface area contributed by atoms with Crippen LogP contribution < -0.4 is 19.8 Å². The van der Waals surface area contributed by atoms with E-state index in [1.807, 2.05) is 54.9 Å². The van der Waals surface area contributed by atoms with Gasteiger partial charge in [0.2, 0.25) is 0 Å². The third kappa shape index (κ3) is 19.4. The molecular formula is C24H40CaN6. The quantitative estimate of drug-likeness (QED) is 0.685. The number of quaternary nitrogens is 2. The van der Waals surface area contributed by atoms with Gasteiger partial charge in [-0.25, -0.2) is 0 Å². The van der Waals surface area contributed by atoms with E-state index in [2.05, 4.69) is 48.8 Å². The SMILES string of the molecule is C1=CC[N-]C=C1.C1CC[N-]CC1.C[NH+](C)Cc1ccc[n-]1.C[NH+](C)Cc1ccc[n-]1.[Ca+2]. The summed E-state index contributed by atoms with van der Waals surface area (Å²) in [7, 11) is 8.48. The predicted octanol–water partition coefficient (Wildman–Crippen LogP) is 1.18. The molecule has 0 aromatic carbocycles. The van der Waals surface area contributed by atoms with Crippen LogP contribution in [0.4, 0.5) is 0 Å². The Kier molecular flexibility index (Phi) is 20.2. The number of piperidine rings is 1. The van der Waals surface area contributed by atoms with E-state index in [4.69, 9.17) is 0 Å². The molecule has 2 aliphatic heterocycles. The second-order valence-corrected chi connectivity index (χ2v) is 7.89. The van der Waals surface area contributed by atoms with Crippen LogP contribution in [0.25, 0.3) is 10.6 Å². The third-order valence-corrected chi connectivity index (χ3v) is 4.08. The summed E-state index contributed by atoms with van der Waals surface area (Å²) in [5.74, 6) is 0. The van der Waals surface area contributed by atoms with Crippen LogP contribution in [0.2, 0.25) is 0 Å². The zero-order chi connectivity index (χ0) is 21.9. The number of hydrogen-bond acceptors (Lipinski definition) is 0. The first-order valence-electron chi connectivity index (χ1n) is 10.9. The summed E-state index contributed by atoms with van der Waals surface area (Å²) in [4.78, 5) is 11.1. The van der Waals surface area contributed by atoms with Crippen molar-refractivity contribution >= 4 is 37.7 Å².